The van der Waals surface area contributed by atoms with Gasteiger partial charge in [-0.05, 0) is 56.2 Å². The predicted octanol–water partition coefficient (Wildman–Crippen LogP) is 2.18. The van der Waals surface area contributed by atoms with E-state index in [0.29, 0.717) is 11.5 Å². The first-order chi connectivity index (χ1) is 13.7. The summed E-state index contributed by atoms with van der Waals surface area (Å²) in [6.07, 6.45) is 10.8. The topological polar surface area (TPSA) is 74.5 Å². The third kappa shape index (κ3) is 4.19. The average molecular weight is 383 g/mol. The Hall–Kier alpha value is -2.41. The molecule has 2 saturated heterocycles. The molecule has 0 bridgehead atoms. The number of carbonyl (C=O) groups excluding carboxylic acids is 1. The van der Waals surface area contributed by atoms with E-state index in [1.165, 1.54) is 0 Å². The smallest absolute Gasteiger partial charge is 0.255 e. The Kier molecular flexibility index (Phi) is 5.90. The van der Waals surface area contributed by atoms with E-state index in [9.17, 15) is 9.90 Å². The number of aliphatic hydroxyl groups is 1. The van der Waals surface area contributed by atoms with E-state index in [4.69, 9.17) is 0 Å². The van der Waals surface area contributed by atoms with Crippen LogP contribution in [0.25, 0.3) is 0 Å². The molecule has 1 amide bonds. The zero-order valence-corrected chi connectivity index (χ0v) is 16.3. The van der Waals surface area contributed by atoms with E-state index in [1.807, 2.05) is 40.2 Å². The molecule has 4 heterocycles. The first-order valence-corrected chi connectivity index (χ1v) is 10.3. The minimum absolute atomic E-state index is 0.0738. The van der Waals surface area contributed by atoms with Gasteiger partial charge in [-0.3, -0.25) is 9.48 Å². The van der Waals surface area contributed by atoms with Crippen LogP contribution in [0.2, 0.25) is 0 Å². The molecule has 2 aromatic heterocycles. The van der Waals surface area contributed by atoms with Gasteiger partial charge in [0.2, 0.25) is 0 Å². The second kappa shape index (κ2) is 8.73. The van der Waals surface area contributed by atoms with Gasteiger partial charge in [-0.1, -0.05) is 0 Å². The molecule has 2 aliphatic rings. The summed E-state index contributed by atoms with van der Waals surface area (Å²) in [4.78, 5) is 21.4. The van der Waals surface area contributed by atoms with Crippen molar-refractivity contribution < 1.29 is 9.90 Å². The van der Waals surface area contributed by atoms with Gasteiger partial charge in [-0.25, -0.2) is 4.98 Å². The SMILES string of the molecule is O=C(c1ccc(N2CCC[C@H]2CO)nc1)N1CCC(CCn2cccn2)CC1. The summed E-state index contributed by atoms with van der Waals surface area (Å²) in [7, 11) is 0. The fraction of sp³-hybridized carbons (Fsp3) is 0.571. The largest absolute Gasteiger partial charge is 0.394 e. The van der Waals surface area contributed by atoms with Gasteiger partial charge < -0.3 is 14.9 Å². The number of pyridine rings is 1. The van der Waals surface area contributed by atoms with Crippen molar-refractivity contribution in [1.29, 1.82) is 0 Å². The standard InChI is InChI=1S/C21H29N5O2/c27-16-19-3-1-11-26(19)20-5-4-18(15-22-20)21(28)24-12-6-17(7-13-24)8-14-25-10-2-9-23-25/h2,4-5,9-10,15,17,19,27H,1,3,6-8,11-14,16H2/t19-/m0/s1. The van der Waals surface area contributed by atoms with Gasteiger partial charge in [-0.15, -0.1) is 0 Å². The number of aryl methyl sites for hydroxylation is 1. The fourth-order valence-electron chi connectivity index (χ4n) is 4.36. The molecule has 2 fully saturated rings. The van der Waals surface area contributed by atoms with Gasteiger partial charge in [0, 0.05) is 44.8 Å². The van der Waals surface area contributed by atoms with Crippen molar-refractivity contribution >= 4 is 11.7 Å². The van der Waals surface area contributed by atoms with E-state index < -0.39 is 0 Å². The van der Waals surface area contributed by atoms with Crippen molar-refractivity contribution in [2.75, 3.05) is 31.1 Å². The number of carbonyl (C=O) groups is 1. The molecule has 1 N–H and O–H groups in total. The van der Waals surface area contributed by atoms with Crippen LogP contribution in [-0.2, 0) is 6.54 Å². The molecule has 0 spiro atoms. The number of hydrogen-bond acceptors (Lipinski definition) is 5. The van der Waals surface area contributed by atoms with Gasteiger partial charge in [0.05, 0.1) is 18.2 Å². The Morgan fingerprint density at radius 2 is 2.04 bits per heavy atom. The van der Waals surface area contributed by atoms with E-state index in [2.05, 4.69) is 15.0 Å². The second-order valence-corrected chi connectivity index (χ2v) is 7.87. The number of aromatic nitrogens is 3. The molecule has 0 aliphatic carbocycles. The quantitative estimate of drug-likeness (QED) is 0.828. The maximum Gasteiger partial charge on any atom is 0.255 e. The van der Waals surface area contributed by atoms with Crippen molar-refractivity contribution in [1.82, 2.24) is 19.7 Å². The van der Waals surface area contributed by atoms with E-state index >= 15 is 0 Å². The van der Waals surface area contributed by atoms with Crippen LogP contribution < -0.4 is 4.90 Å². The molecule has 150 valence electrons. The molecule has 0 radical (unpaired) electrons. The number of likely N-dealkylation sites (tertiary alicyclic amines) is 1. The fourth-order valence-corrected chi connectivity index (χ4v) is 4.36. The molecule has 1 atom stereocenters. The van der Waals surface area contributed by atoms with Gasteiger partial charge >= 0.3 is 0 Å². The molecule has 7 heteroatoms. The molecular formula is C21H29N5O2. The van der Waals surface area contributed by atoms with Gasteiger partial charge in [0.25, 0.3) is 5.91 Å². The number of amides is 1. The molecule has 4 rings (SSSR count). The molecule has 0 saturated carbocycles. The highest BCUT2D eigenvalue weighted by molar-refractivity contribution is 5.94. The predicted molar refractivity (Wildman–Crippen MR) is 107 cm³/mol. The lowest BCUT2D eigenvalue weighted by molar-refractivity contribution is 0.0684. The molecule has 2 aliphatic heterocycles. The van der Waals surface area contributed by atoms with Crippen LogP contribution in [0.15, 0.2) is 36.8 Å². The van der Waals surface area contributed by atoms with Crippen molar-refractivity contribution in [3.63, 3.8) is 0 Å². The Bertz CT molecular complexity index is 754. The molecule has 2 aromatic rings. The van der Waals surface area contributed by atoms with Crippen LogP contribution in [0.1, 0.15) is 42.5 Å². The normalized spacial score (nSPS) is 20.7. The highest BCUT2D eigenvalue weighted by Gasteiger charge is 2.26. The lowest BCUT2D eigenvalue weighted by atomic mass is 9.93. The lowest BCUT2D eigenvalue weighted by Crippen LogP contribution is -2.38. The van der Waals surface area contributed by atoms with Crippen LogP contribution >= 0.6 is 0 Å². The summed E-state index contributed by atoms with van der Waals surface area (Å²) in [5.41, 5.74) is 0.651. The van der Waals surface area contributed by atoms with Crippen LogP contribution in [0.5, 0.6) is 0 Å². The zero-order valence-electron chi connectivity index (χ0n) is 16.3. The zero-order chi connectivity index (χ0) is 19.3. The van der Waals surface area contributed by atoms with Crippen molar-refractivity contribution in [2.45, 2.75) is 44.7 Å². The number of nitrogens with zero attached hydrogens (tertiary/aromatic N) is 5. The average Bonchev–Trinajstić information content (AvgIpc) is 3.44. The van der Waals surface area contributed by atoms with Crippen LogP contribution in [0.4, 0.5) is 5.82 Å². The molecule has 0 unspecified atom stereocenters. The molecule has 28 heavy (non-hydrogen) atoms. The van der Waals surface area contributed by atoms with Gasteiger partial charge in [0.1, 0.15) is 5.82 Å². The maximum atomic E-state index is 12.8. The van der Waals surface area contributed by atoms with E-state index in [-0.39, 0.29) is 18.6 Å². The Balaban J connectivity index is 1.29. The Morgan fingerprint density at radius 3 is 2.71 bits per heavy atom. The first-order valence-electron chi connectivity index (χ1n) is 10.3. The highest BCUT2D eigenvalue weighted by atomic mass is 16.3. The second-order valence-electron chi connectivity index (χ2n) is 7.87. The van der Waals surface area contributed by atoms with Crippen LogP contribution in [0, 0.1) is 5.92 Å². The third-order valence-corrected chi connectivity index (χ3v) is 6.10. The summed E-state index contributed by atoms with van der Waals surface area (Å²) in [6.45, 7) is 3.63. The number of anilines is 1. The van der Waals surface area contributed by atoms with Crippen LogP contribution in [-0.4, -0.2) is 63.0 Å². The summed E-state index contributed by atoms with van der Waals surface area (Å²) >= 11 is 0. The summed E-state index contributed by atoms with van der Waals surface area (Å²) in [5, 5.41) is 13.7. The number of piperidine rings is 1. The van der Waals surface area contributed by atoms with Crippen molar-refractivity contribution in [2.24, 2.45) is 5.92 Å². The number of hydrogen-bond donors (Lipinski definition) is 1. The van der Waals surface area contributed by atoms with Crippen molar-refractivity contribution in [3.8, 4) is 0 Å². The summed E-state index contributed by atoms with van der Waals surface area (Å²) < 4.78 is 1.98. The first kappa shape index (κ1) is 18.9. The number of aliphatic hydroxyl groups excluding tert-OH is 1. The monoisotopic (exact) mass is 383 g/mol. The highest BCUT2D eigenvalue weighted by Crippen LogP contribution is 2.25. The number of rotatable bonds is 6. The Morgan fingerprint density at radius 1 is 1.18 bits per heavy atom. The van der Waals surface area contributed by atoms with E-state index in [0.717, 1.165) is 64.1 Å². The molecule has 7 nitrogen and oxygen atoms in total. The summed E-state index contributed by atoms with van der Waals surface area (Å²) in [6, 6.07) is 5.89. The van der Waals surface area contributed by atoms with Gasteiger partial charge in [0.15, 0.2) is 0 Å². The van der Waals surface area contributed by atoms with Crippen molar-refractivity contribution in [3.05, 3.63) is 42.4 Å². The molecular weight excluding hydrogens is 354 g/mol. The maximum absolute atomic E-state index is 12.8. The van der Waals surface area contributed by atoms with E-state index in [1.54, 1.807) is 6.20 Å². The third-order valence-electron chi connectivity index (χ3n) is 6.10. The lowest BCUT2D eigenvalue weighted by Gasteiger charge is -2.32. The minimum Gasteiger partial charge on any atom is -0.394 e. The minimum atomic E-state index is 0.0738. The molecule has 0 aromatic carbocycles. The summed E-state index contributed by atoms with van der Waals surface area (Å²) in [5.74, 6) is 1.58. The van der Waals surface area contributed by atoms with Gasteiger partial charge in [-0.2, -0.15) is 5.10 Å². The Labute approximate surface area is 166 Å². The van der Waals surface area contributed by atoms with Crippen LogP contribution in [0.3, 0.4) is 0 Å².